The fraction of sp³-hybridized carbons (Fsp3) is 0.167. The van der Waals surface area contributed by atoms with Crippen molar-refractivity contribution in [3.63, 3.8) is 0 Å². The lowest BCUT2D eigenvalue weighted by molar-refractivity contribution is 1.15. The number of benzene rings is 2. The van der Waals surface area contributed by atoms with Gasteiger partial charge in [0.1, 0.15) is 5.84 Å². The first-order chi connectivity index (χ1) is 11.9. The number of anilines is 2. The van der Waals surface area contributed by atoms with Crippen molar-refractivity contribution in [3.8, 4) is 0 Å². The van der Waals surface area contributed by atoms with Crippen LogP contribution in [0.4, 0.5) is 11.4 Å². The Labute approximate surface area is 156 Å². The van der Waals surface area contributed by atoms with Gasteiger partial charge in [0.05, 0.1) is 11.1 Å². The predicted octanol–water partition coefficient (Wildman–Crippen LogP) is 4.20. The molecule has 1 aliphatic rings. The molecule has 1 aliphatic heterocycles. The maximum atomic E-state index is 6.13. The Kier molecular flexibility index (Phi) is 5.11. The van der Waals surface area contributed by atoms with Crippen molar-refractivity contribution in [2.24, 2.45) is 16.6 Å². The molecule has 1 heterocycles. The Morgan fingerprint density at radius 1 is 1.32 bits per heavy atom. The molecule has 0 saturated carbocycles. The third-order valence-corrected chi connectivity index (χ3v) is 5.31. The molecule has 0 aliphatic carbocycles. The zero-order valence-corrected chi connectivity index (χ0v) is 15.6. The van der Waals surface area contributed by atoms with Crippen molar-refractivity contribution in [1.82, 2.24) is 0 Å². The second-order valence-corrected chi connectivity index (χ2v) is 7.57. The highest BCUT2D eigenvalue weighted by molar-refractivity contribution is 8.00. The van der Waals surface area contributed by atoms with Gasteiger partial charge in [0.25, 0.3) is 0 Å². The van der Waals surface area contributed by atoms with E-state index in [2.05, 4.69) is 22.8 Å². The van der Waals surface area contributed by atoms with Crippen LogP contribution in [0.1, 0.15) is 18.1 Å². The highest BCUT2D eigenvalue weighted by Crippen LogP contribution is 2.39. The molecule has 0 radical (unpaired) electrons. The Bertz CT molecular complexity index is 863. The predicted molar refractivity (Wildman–Crippen MR) is 109 cm³/mol. The summed E-state index contributed by atoms with van der Waals surface area (Å²) in [6.07, 6.45) is 1.62. The number of rotatable bonds is 4. The summed E-state index contributed by atoms with van der Waals surface area (Å²) in [4.78, 5) is 1.19. The number of halogens is 1. The summed E-state index contributed by atoms with van der Waals surface area (Å²) in [5, 5.41) is 8.61. The number of nitrogens with zero attached hydrogens (tertiary/aromatic N) is 1. The summed E-state index contributed by atoms with van der Waals surface area (Å²) in [6, 6.07) is 11.6. The van der Waals surface area contributed by atoms with Gasteiger partial charge in [-0.2, -0.15) is 5.10 Å². The van der Waals surface area contributed by atoms with E-state index in [4.69, 9.17) is 23.1 Å². The molecular formula is C18H20ClN5S. The zero-order chi connectivity index (χ0) is 18.0. The molecule has 0 fully saturated rings. The van der Waals surface area contributed by atoms with Crippen molar-refractivity contribution in [3.05, 3.63) is 58.6 Å². The molecule has 0 spiro atoms. The summed E-state index contributed by atoms with van der Waals surface area (Å²) < 4.78 is 0. The Hall–Kier alpha value is -2.31. The van der Waals surface area contributed by atoms with Gasteiger partial charge < -0.3 is 16.8 Å². The van der Waals surface area contributed by atoms with Gasteiger partial charge in [0, 0.05) is 32.9 Å². The van der Waals surface area contributed by atoms with E-state index in [1.54, 1.807) is 17.8 Å². The Balaban J connectivity index is 1.74. The molecule has 6 N–H and O–H groups in total. The number of thioether (sulfide) groups is 1. The number of amidine groups is 1. The van der Waals surface area contributed by atoms with Crippen molar-refractivity contribution in [2.75, 3.05) is 10.7 Å². The highest BCUT2D eigenvalue weighted by Gasteiger charge is 2.17. The van der Waals surface area contributed by atoms with E-state index in [-0.39, 0.29) is 5.84 Å². The molecule has 25 heavy (non-hydrogen) atoms. The molecule has 0 saturated heterocycles. The molecule has 1 atom stereocenters. The number of hydrazone groups is 1. The lowest BCUT2D eigenvalue weighted by Crippen LogP contribution is -2.13. The molecule has 0 bridgehead atoms. The molecule has 5 nitrogen and oxygen atoms in total. The molecule has 3 rings (SSSR count). The number of hydrogen-bond donors (Lipinski definition) is 4. The van der Waals surface area contributed by atoms with Crippen LogP contribution >= 0.6 is 23.4 Å². The van der Waals surface area contributed by atoms with Gasteiger partial charge in [0.2, 0.25) is 0 Å². The topological polar surface area (TPSA) is 88.5 Å². The molecule has 1 unspecified atom stereocenters. The minimum atomic E-state index is 0.288. The first-order valence-corrected chi connectivity index (χ1v) is 9.09. The third kappa shape index (κ3) is 4.03. The average molecular weight is 374 g/mol. The quantitative estimate of drug-likeness (QED) is 0.366. The molecule has 2 aromatic carbocycles. The van der Waals surface area contributed by atoms with Gasteiger partial charge in [-0.15, -0.1) is 0 Å². The van der Waals surface area contributed by atoms with E-state index in [1.165, 1.54) is 4.90 Å². The van der Waals surface area contributed by atoms with Crippen molar-refractivity contribution < 1.29 is 0 Å². The average Bonchev–Trinajstić information content (AvgIpc) is 2.94. The molecule has 130 valence electrons. The third-order valence-electron chi connectivity index (χ3n) is 3.84. The van der Waals surface area contributed by atoms with E-state index < -0.39 is 0 Å². The standard InChI is InChI=1S/C18H20ClN5S/c1-10-13(4-3-5-14(10)19)15(20)9-18(21)24-23-12-6-7-16-17(8-12)25-11(2)22-16/h3-9,11,22-23H,20H2,1-2H3,(H2,21,24)/b15-9-. The first-order valence-electron chi connectivity index (χ1n) is 7.83. The van der Waals surface area contributed by atoms with Crippen LogP contribution in [0.25, 0.3) is 5.70 Å². The minimum Gasteiger partial charge on any atom is -0.398 e. The highest BCUT2D eigenvalue weighted by atomic mass is 35.5. The Morgan fingerprint density at radius 2 is 2.12 bits per heavy atom. The van der Waals surface area contributed by atoms with Gasteiger partial charge in [-0.1, -0.05) is 35.5 Å². The van der Waals surface area contributed by atoms with Gasteiger partial charge in [-0.05, 0) is 43.7 Å². The minimum absolute atomic E-state index is 0.288. The fourth-order valence-electron chi connectivity index (χ4n) is 2.57. The largest absolute Gasteiger partial charge is 0.398 e. The molecular weight excluding hydrogens is 354 g/mol. The van der Waals surface area contributed by atoms with Gasteiger partial charge in [-0.3, -0.25) is 5.43 Å². The van der Waals surface area contributed by atoms with Crippen LogP contribution < -0.4 is 22.2 Å². The number of hydrogen-bond acceptors (Lipinski definition) is 5. The van der Waals surface area contributed by atoms with Crippen LogP contribution in [-0.4, -0.2) is 11.2 Å². The van der Waals surface area contributed by atoms with E-state index in [1.807, 2.05) is 43.3 Å². The van der Waals surface area contributed by atoms with Crippen LogP contribution in [0.15, 0.2) is 52.5 Å². The summed E-state index contributed by atoms with van der Waals surface area (Å²) in [5.41, 5.74) is 19.3. The second kappa shape index (κ2) is 7.29. The van der Waals surface area contributed by atoms with Crippen molar-refractivity contribution >= 4 is 46.3 Å². The normalized spacial score (nSPS) is 17.2. The maximum Gasteiger partial charge on any atom is 0.145 e. The van der Waals surface area contributed by atoms with Crippen LogP contribution in [0, 0.1) is 6.92 Å². The number of nitrogens with two attached hydrogens (primary N) is 2. The summed E-state index contributed by atoms with van der Waals surface area (Å²) in [5.74, 6) is 0.288. The van der Waals surface area contributed by atoms with Crippen molar-refractivity contribution in [1.29, 1.82) is 0 Å². The first kappa shape index (κ1) is 17.5. The maximum absolute atomic E-state index is 6.13. The Morgan fingerprint density at radius 3 is 2.92 bits per heavy atom. The summed E-state index contributed by atoms with van der Waals surface area (Å²) >= 11 is 7.90. The van der Waals surface area contributed by atoms with E-state index >= 15 is 0 Å². The SMILES string of the molecule is Cc1c(Cl)cccc1/C(N)=C/C(N)=N/Nc1ccc2c(c1)SC(C)N2. The lowest BCUT2D eigenvalue weighted by Gasteiger charge is -2.08. The van der Waals surface area contributed by atoms with Crippen LogP contribution in [-0.2, 0) is 0 Å². The molecule has 0 amide bonds. The van der Waals surface area contributed by atoms with Gasteiger partial charge >= 0.3 is 0 Å². The monoisotopic (exact) mass is 373 g/mol. The molecule has 2 aromatic rings. The van der Waals surface area contributed by atoms with E-state index in [0.717, 1.165) is 22.5 Å². The second-order valence-electron chi connectivity index (χ2n) is 5.78. The van der Waals surface area contributed by atoms with Gasteiger partial charge in [-0.25, -0.2) is 0 Å². The number of nitrogens with one attached hydrogen (secondary N) is 2. The lowest BCUT2D eigenvalue weighted by atomic mass is 10.1. The summed E-state index contributed by atoms with van der Waals surface area (Å²) in [6.45, 7) is 4.04. The van der Waals surface area contributed by atoms with Crippen LogP contribution in [0.2, 0.25) is 5.02 Å². The number of fused-ring (bicyclic) bond motifs is 1. The zero-order valence-electron chi connectivity index (χ0n) is 14.0. The van der Waals surface area contributed by atoms with E-state index in [9.17, 15) is 0 Å². The molecule has 7 heteroatoms. The van der Waals surface area contributed by atoms with Crippen molar-refractivity contribution in [2.45, 2.75) is 24.1 Å². The molecule has 0 aromatic heterocycles. The smallest absolute Gasteiger partial charge is 0.145 e. The van der Waals surface area contributed by atoms with Gasteiger partial charge in [0.15, 0.2) is 0 Å². The fourth-order valence-corrected chi connectivity index (χ4v) is 3.76. The van der Waals surface area contributed by atoms with E-state index in [0.29, 0.717) is 16.1 Å². The van der Waals surface area contributed by atoms with Crippen LogP contribution in [0.3, 0.4) is 0 Å². The summed E-state index contributed by atoms with van der Waals surface area (Å²) in [7, 11) is 0. The van der Waals surface area contributed by atoms with Crippen LogP contribution in [0.5, 0.6) is 0 Å².